The maximum absolute atomic E-state index is 5.47. The maximum atomic E-state index is 5.47. The van der Waals surface area contributed by atoms with Crippen LogP contribution in [0, 0.1) is 0 Å². The van der Waals surface area contributed by atoms with Crippen LogP contribution in [0.1, 0.15) is 0 Å². The van der Waals surface area contributed by atoms with E-state index in [1.54, 1.807) is 0 Å². The van der Waals surface area contributed by atoms with Gasteiger partial charge < -0.3 is 0 Å². The Bertz CT molecular complexity index is 4620. The molecule has 0 aliphatic rings. The molecule has 0 unspecified atom stereocenters. The van der Waals surface area contributed by atoms with Crippen molar-refractivity contribution in [2.45, 2.75) is 0 Å². The molecule has 12 aromatic carbocycles. The van der Waals surface area contributed by atoms with Gasteiger partial charge in [0.1, 0.15) is 0 Å². The summed E-state index contributed by atoms with van der Waals surface area (Å²) in [6.07, 6.45) is 3.64. The van der Waals surface area contributed by atoms with Crippen molar-refractivity contribution in [2.24, 2.45) is 0 Å². The fourth-order valence-electron chi connectivity index (χ4n) is 11.7. The van der Waals surface area contributed by atoms with Gasteiger partial charge in [-0.1, -0.05) is 170 Å². The van der Waals surface area contributed by atoms with Crippen molar-refractivity contribution in [3.63, 3.8) is 0 Å². The molecule has 0 aliphatic carbocycles. The van der Waals surface area contributed by atoms with Crippen molar-refractivity contribution >= 4 is 75.7 Å². The number of benzene rings is 12. The molecule has 4 aromatic heterocycles. The standard InChI is InChI=1S/C72H42N8/c1-3-15-45(16-4-1)59-41-61(71-77-67(51-25-23-43-13-7-9-19-47(43)37-51)75-69(79-71)53-27-33-63-49(39-53)21-11-35-73-63)57-32-30-56-60(46-17-5-2-6-18-46)42-62(58-31-29-55(59)65(57)66(56)58)72-78-68(52-26-24-44-14-8-10-20-48(44)38-52)76-70(80-72)54-28-34-64-50(40-54)22-12-36-74-64/h1-42H. The van der Waals surface area contributed by atoms with Crippen LogP contribution in [0.4, 0.5) is 0 Å². The van der Waals surface area contributed by atoms with E-state index < -0.39 is 0 Å². The van der Waals surface area contributed by atoms with Crippen LogP contribution in [0.25, 0.3) is 166 Å². The average molecular weight is 1020 g/mol. The zero-order valence-corrected chi connectivity index (χ0v) is 42.8. The second-order valence-corrected chi connectivity index (χ2v) is 20.3. The number of hydrogen-bond acceptors (Lipinski definition) is 8. The third kappa shape index (κ3) is 7.69. The summed E-state index contributed by atoms with van der Waals surface area (Å²) in [6, 6.07) is 85.0. The number of fused-ring (bicyclic) bond motifs is 4. The second-order valence-electron chi connectivity index (χ2n) is 20.3. The van der Waals surface area contributed by atoms with Gasteiger partial charge in [-0.25, -0.2) is 29.9 Å². The van der Waals surface area contributed by atoms with Crippen molar-refractivity contribution in [1.29, 1.82) is 0 Å². The summed E-state index contributed by atoms with van der Waals surface area (Å²) in [6.45, 7) is 0. The molecule has 0 fully saturated rings. The Labute approximate surface area is 458 Å². The van der Waals surface area contributed by atoms with E-state index in [0.717, 1.165) is 131 Å². The summed E-state index contributed by atoms with van der Waals surface area (Å²) in [7, 11) is 0. The van der Waals surface area contributed by atoms with Gasteiger partial charge in [-0.3, -0.25) is 9.97 Å². The molecule has 80 heavy (non-hydrogen) atoms. The second kappa shape index (κ2) is 18.4. The van der Waals surface area contributed by atoms with E-state index in [4.69, 9.17) is 29.9 Å². The molecule has 0 N–H and O–H groups in total. The molecular weight excluding hydrogens is 977 g/mol. The normalized spacial score (nSPS) is 11.8. The minimum absolute atomic E-state index is 0.566. The highest BCUT2D eigenvalue weighted by Crippen LogP contribution is 2.48. The summed E-state index contributed by atoms with van der Waals surface area (Å²) < 4.78 is 0. The fourth-order valence-corrected chi connectivity index (χ4v) is 11.7. The molecule has 4 heterocycles. The van der Waals surface area contributed by atoms with Gasteiger partial charge in [-0.15, -0.1) is 0 Å². The van der Waals surface area contributed by atoms with Crippen LogP contribution in [0.2, 0.25) is 0 Å². The predicted octanol–water partition coefficient (Wildman–Crippen LogP) is 17.7. The third-order valence-electron chi connectivity index (χ3n) is 15.6. The first-order chi connectivity index (χ1) is 39.6. The molecule has 370 valence electrons. The largest absolute Gasteiger partial charge is 0.256 e. The lowest BCUT2D eigenvalue weighted by molar-refractivity contribution is 1.08. The predicted molar refractivity (Wildman–Crippen MR) is 326 cm³/mol. The van der Waals surface area contributed by atoms with E-state index in [0.29, 0.717) is 34.9 Å². The molecule has 0 bridgehead atoms. The molecule has 0 spiro atoms. The molecule has 0 aliphatic heterocycles. The Balaban J connectivity index is 0.996. The minimum atomic E-state index is 0.566. The van der Waals surface area contributed by atoms with Gasteiger partial charge in [-0.2, -0.15) is 0 Å². The summed E-state index contributed by atoms with van der Waals surface area (Å²) in [5.74, 6) is 3.43. The lowest BCUT2D eigenvalue weighted by Gasteiger charge is -2.21. The van der Waals surface area contributed by atoms with Crippen LogP contribution < -0.4 is 0 Å². The first kappa shape index (κ1) is 45.3. The highest BCUT2D eigenvalue weighted by molar-refractivity contribution is 6.31. The lowest BCUT2D eigenvalue weighted by Crippen LogP contribution is -2.02. The molecule has 16 aromatic rings. The Kier molecular flexibility index (Phi) is 10.4. The Morgan fingerprint density at radius 2 is 0.525 bits per heavy atom. The molecule has 0 saturated heterocycles. The zero-order chi connectivity index (χ0) is 52.7. The SMILES string of the molecule is c1ccc(-c2cc(-c3nc(-c4ccc5ccccc5c4)nc(-c4ccc5ncccc5c4)n3)c3ccc4c(-c5ccccc5)cc(-c5nc(-c6ccc7ccccc7c6)nc(-c6ccc7ncccc7c6)n5)c5ccc2c3c45)cc1. The van der Waals surface area contributed by atoms with E-state index >= 15 is 0 Å². The van der Waals surface area contributed by atoms with E-state index in [9.17, 15) is 0 Å². The van der Waals surface area contributed by atoms with Crippen LogP contribution >= 0.6 is 0 Å². The first-order valence-electron chi connectivity index (χ1n) is 26.7. The lowest BCUT2D eigenvalue weighted by atomic mass is 9.83. The number of pyridine rings is 2. The maximum Gasteiger partial charge on any atom is 0.164 e. The molecule has 0 radical (unpaired) electrons. The van der Waals surface area contributed by atoms with Crippen LogP contribution in [0.3, 0.4) is 0 Å². The third-order valence-corrected chi connectivity index (χ3v) is 15.6. The van der Waals surface area contributed by atoms with Gasteiger partial charge in [0.05, 0.1) is 11.0 Å². The smallest absolute Gasteiger partial charge is 0.164 e. The van der Waals surface area contributed by atoms with Crippen molar-refractivity contribution in [2.75, 3.05) is 0 Å². The molecule has 8 heteroatoms. The van der Waals surface area contributed by atoms with Crippen molar-refractivity contribution in [1.82, 2.24) is 39.9 Å². The van der Waals surface area contributed by atoms with E-state index in [-0.39, 0.29) is 0 Å². The molecule has 16 rings (SSSR count). The van der Waals surface area contributed by atoms with Gasteiger partial charge in [0.25, 0.3) is 0 Å². The first-order valence-corrected chi connectivity index (χ1v) is 26.7. The Morgan fingerprint density at radius 1 is 0.200 bits per heavy atom. The number of hydrogen-bond donors (Lipinski definition) is 0. The van der Waals surface area contributed by atoms with Gasteiger partial charge >= 0.3 is 0 Å². The van der Waals surface area contributed by atoms with E-state index in [1.165, 1.54) is 0 Å². The summed E-state index contributed by atoms with van der Waals surface area (Å²) in [5, 5.41) is 12.9. The Morgan fingerprint density at radius 3 is 0.938 bits per heavy atom. The van der Waals surface area contributed by atoms with Gasteiger partial charge in [0.15, 0.2) is 34.9 Å². The molecule has 0 saturated carbocycles. The zero-order valence-electron chi connectivity index (χ0n) is 42.8. The summed E-state index contributed by atoms with van der Waals surface area (Å²) >= 11 is 0. The molecule has 8 nitrogen and oxygen atoms in total. The quantitative estimate of drug-likeness (QED) is 0.139. The summed E-state index contributed by atoms with van der Waals surface area (Å²) in [4.78, 5) is 41.6. The van der Waals surface area contributed by atoms with Gasteiger partial charge in [0.2, 0.25) is 0 Å². The molecule has 0 amide bonds. The van der Waals surface area contributed by atoms with Crippen LogP contribution in [-0.2, 0) is 0 Å². The topological polar surface area (TPSA) is 103 Å². The van der Waals surface area contributed by atoms with Crippen LogP contribution in [-0.4, -0.2) is 39.9 Å². The number of rotatable bonds is 8. The number of nitrogens with zero attached hydrogens (tertiary/aromatic N) is 8. The summed E-state index contributed by atoms with van der Waals surface area (Å²) in [5.41, 5.74) is 11.4. The van der Waals surface area contributed by atoms with Crippen molar-refractivity contribution < 1.29 is 0 Å². The number of aromatic nitrogens is 8. The van der Waals surface area contributed by atoms with E-state index in [1.807, 2.05) is 36.7 Å². The monoisotopic (exact) mass is 1020 g/mol. The van der Waals surface area contributed by atoms with Crippen LogP contribution in [0.15, 0.2) is 255 Å². The molecule has 0 atom stereocenters. The average Bonchev–Trinajstić information content (AvgIpc) is 3.70. The Hall–Kier alpha value is -11.0. The van der Waals surface area contributed by atoms with Crippen molar-refractivity contribution in [3.8, 4) is 90.6 Å². The fraction of sp³-hybridized carbons (Fsp3) is 0. The van der Waals surface area contributed by atoms with Crippen molar-refractivity contribution in [3.05, 3.63) is 255 Å². The van der Waals surface area contributed by atoms with Gasteiger partial charge in [-0.05, 0) is 149 Å². The molecular formula is C72H42N8. The highest BCUT2D eigenvalue weighted by Gasteiger charge is 2.25. The van der Waals surface area contributed by atoms with E-state index in [2.05, 4.69) is 228 Å². The van der Waals surface area contributed by atoms with Gasteiger partial charge in [0, 0.05) is 56.5 Å². The highest BCUT2D eigenvalue weighted by atomic mass is 15.0. The van der Waals surface area contributed by atoms with Crippen LogP contribution in [0.5, 0.6) is 0 Å². The minimum Gasteiger partial charge on any atom is -0.256 e.